The second-order valence-electron chi connectivity index (χ2n) is 3.12. The van der Waals surface area contributed by atoms with E-state index in [0.29, 0.717) is 0 Å². The largest absolute Gasteiger partial charge is 0.385 e. The van der Waals surface area contributed by atoms with Crippen LogP contribution >= 0.6 is 27.3 Å². The first-order valence-electron chi connectivity index (χ1n) is 3.39. The number of rotatable bonds is 1. The number of aryl methyl sites for hydroxylation is 1. The quantitative estimate of drug-likeness (QED) is 0.793. The zero-order valence-electron chi connectivity index (χ0n) is 6.81. The first-order chi connectivity index (χ1) is 4.93. The van der Waals surface area contributed by atoms with Crippen molar-refractivity contribution < 1.29 is 5.11 Å². The molecule has 0 aliphatic carbocycles. The minimum absolute atomic E-state index is 0.724. The van der Waals surface area contributed by atoms with Gasteiger partial charge < -0.3 is 5.11 Å². The molecule has 0 aromatic carbocycles. The van der Waals surface area contributed by atoms with Crippen LogP contribution in [0.1, 0.15) is 24.3 Å². The third-order valence-electron chi connectivity index (χ3n) is 1.45. The van der Waals surface area contributed by atoms with Gasteiger partial charge in [0.2, 0.25) is 0 Å². The Labute approximate surface area is 79.2 Å². The summed E-state index contributed by atoms with van der Waals surface area (Å²) < 4.78 is 1.04. The molecule has 62 valence electrons. The molecule has 0 bridgehead atoms. The summed E-state index contributed by atoms with van der Waals surface area (Å²) in [5, 5.41) is 11.7. The molecule has 0 unspecified atom stereocenters. The van der Waals surface area contributed by atoms with E-state index in [1.807, 2.05) is 12.3 Å². The summed E-state index contributed by atoms with van der Waals surface area (Å²) >= 11 is 5.02. The summed E-state index contributed by atoms with van der Waals surface area (Å²) in [6.07, 6.45) is 0. The molecule has 1 aromatic rings. The van der Waals surface area contributed by atoms with Crippen molar-refractivity contribution in [3.63, 3.8) is 0 Å². The second kappa shape index (κ2) is 2.88. The van der Waals surface area contributed by atoms with Crippen LogP contribution < -0.4 is 0 Å². The van der Waals surface area contributed by atoms with Crippen LogP contribution in [0.15, 0.2) is 9.85 Å². The average molecular weight is 235 g/mol. The molecule has 0 aliphatic heterocycles. The Morgan fingerprint density at radius 2 is 2.09 bits per heavy atom. The van der Waals surface area contributed by atoms with Crippen molar-refractivity contribution in [2.75, 3.05) is 0 Å². The minimum atomic E-state index is -0.724. The Morgan fingerprint density at radius 1 is 1.55 bits per heavy atom. The zero-order valence-corrected chi connectivity index (χ0v) is 9.21. The van der Waals surface area contributed by atoms with Crippen molar-refractivity contribution in [3.05, 3.63) is 20.3 Å². The lowest BCUT2D eigenvalue weighted by molar-refractivity contribution is 0.0818. The van der Waals surface area contributed by atoms with Crippen LogP contribution in [0.25, 0.3) is 0 Å². The molecule has 0 aliphatic rings. The lowest BCUT2D eigenvalue weighted by Crippen LogP contribution is -2.13. The molecule has 0 saturated heterocycles. The van der Waals surface area contributed by atoms with E-state index in [-0.39, 0.29) is 0 Å². The first-order valence-corrected chi connectivity index (χ1v) is 5.06. The van der Waals surface area contributed by atoms with Crippen molar-refractivity contribution in [2.45, 2.75) is 26.4 Å². The van der Waals surface area contributed by atoms with Crippen molar-refractivity contribution in [1.29, 1.82) is 0 Å². The van der Waals surface area contributed by atoms with Gasteiger partial charge in [-0.15, -0.1) is 11.3 Å². The molecule has 1 rings (SSSR count). The highest BCUT2D eigenvalue weighted by molar-refractivity contribution is 9.10. The van der Waals surface area contributed by atoms with E-state index in [4.69, 9.17) is 0 Å². The topological polar surface area (TPSA) is 20.2 Å². The standard InChI is InChI=1S/C8H11BrOS/c1-5-4-11-7(6(5)9)8(2,3)10/h4,10H,1-3H3. The lowest BCUT2D eigenvalue weighted by atomic mass is 10.1. The Bertz CT molecular complexity index is 260. The summed E-state index contributed by atoms with van der Waals surface area (Å²) in [6, 6.07) is 0. The molecule has 3 heteroatoms. The molecule has 1 heterocycles. The highest BCUT2D eigenvalue weighted by Crippen LogP contribution is 2.35. The fourth-order valence-electron chi connectivity index (χ4n) is 0.843. The maximum atomic E-state index is 9.66. The van der Waals surface area contributed by atoms with Crippen molar-refractivity contribution >= 4 is 27.3 Å². The monoisotopic (exact) mass is 234 g/mol. The van der Waals surface area contributed by atoms with E-state index >= 15 is 0 Å². The molecule has 1 N–H and O–H groups in total. The number of hydrogen-bond acceptors (Lipinski definition) is 2. The fraction of sp³-hybridized carbons (Fsp3) is 0.500. The van der Waals surface area contributed by atoms with Crippen molar-refractivity contribution in [1.82, 2.24) is 0 Å². The van der Waals surface area contributed by atoms with Gasteiger partial charge in [-0.25, -0.2) is 0 Å². The van der Waals surface area contributed by atoms with Gasteiger partial charge in [-0.05, 0) is 47.6 Å². The van der Waals surface area contributed by atoms with Crippen LogP contribution in [0.3, 0.4) is 0 Å². The highest BCUT2D eigenvalue weighted by atomic mass is 79.9. The Balaban J connectivity index is 3.15. The molecule has 0 amide bonds. The summed E-state index contributed by atoms with van der Waals surface area (Å²) in [5.74, 6) is 0. The second-order valence-corrected chi connectivity index (χ2v) is 4.79. The third-order valence-corrected chi connectivity index (χ3v) is 4.15. The summed E-state index contributed by atoms with van der Waals surface area (Å²) in [6.45, 7) is 5.61. The van der Waals surface area contributed by atoms with Gasteiger partial charge in [0.05, 0.1) is 5.60 Å². The summed E-state index contributed by atoms with van der Waals surface area (Å²) in [5.41, 5.74) is 0.463. The van der Waals surface area contributed by atoms with Crippen molar-refractivity contribution in [3.8, 4) is 0 Å². The van der Waals surface area contributed by atoms with Gasteiger partial charge in [0.1, 0.15) is 0 Å². The normalized spacial score (nSPS) is 12.1. The predicted molar refractivity (Wildman–Crippen MR) is 52.0 cm³/mol. The van der Waals surface area contributed by atoms with Gasteiger partial charge in [-0.2, -0.15) is 0 Å². The molecule has 1 aromatic heterocycles. The van der Waals surface area contributed by atoms with Gasteiger partial charge >= 0.3 is 0 Å². The van der Waals surface area contributed by atoms with Gasteiger partial charge in [0.25, 0.3) is 0 Å². The molecule has 0 radical (unpaired) electrons. The van der Waals surface area contributed by atoms with E-state index in [1.165, 1.54) is 5.56 Å². The number of thiophene rings is 1. The molecular formula is C8H11BrOS. The van der Waals surface area contributed by atoms with E-state index < -0.39 is 5.60 Å². The van der Waals surface area contributed by atoms with Crippen LogP contribution in [-0.2, 0) is 5.60 Å². The Kier molecular flexibility index (Phi) is 2.42. The molecule has 0 spiro atoms. The van der Waals surface area contributed by atoms with Gasteiger partial charge in [-0.3, -0.25) is 0 Å². The molecule has 0 fully saturated rings. The van der Waals surface area contributed by atoms with Gasteiger partial charge in [0.15, 0.2) is 0 Å². The third kappa shape index (κ3) is 1.83. The van der Waals surface area contributed by atoms with E-state index in [9.17, 15) is 5.11 Å². The summed E-state index contributed by atoms with van der Waals surface area (Å²) in [7, 11) is 0. The van der Waals surface area contributed by atoms with Crippen LogP contribution in [-0.4, -0.2) is 5.11 Å². The fourth-order valence-corrected chi connectivity index (χ4v) is 2.84. The highest BCUT2D eigenvalue weighted by Gasteiger charge is 2.21. The first kappa shape index (κ1) is 9.23. The number of halogens is 1. The van der Waals surface area contributed by atoms with E-state index in [1.54, 1.807) is 25.2 Å². The molecule has 11 heavy (non-hydrogen) atoms. The molecule has 1 nitrogen and oxygen atoms in total. The van der Waals surface area contributed by atoms with E-state index in [0.717, 1.165) is 9.35 Å². The summed E-state index contributed by atoms with van der Waals surface area (Å²) in [4.78, 5) is 0.995. The lowest BCUT2D eigenvalue weighted by Gasteiger charge is -2.15. The van der Waals surface area contributed by atoms with Crippen molar-refractivity contribution in [2.24, 2.45) is 0 Å². The number of aliphatic hydroxyl groups is 1. The number of hydrogen-bond donors (Lipinski definition) is 1. The molecule has 0 saturated carbocycles. The average Bonchev–Trinajstić information content (AvgIpc) is 2.11. The predicted octanol–water partition coefficient (Wildman–Crippen LogP) is 3.05. The molecular weight excluding hydrogens is 224 g/mol. The van der Waals surface area contributed by atoms with E-state index in [2.05, 4.69) is 15.9 Å². The van der Waals surface area contributed by atoms with Crippen LogP contribution in [0.2, 0.25) is 0 Å². The zero-order chi connectivity index (χ0) is 8.65. The van der Waals surface area contributed by atoms with Crippen LogP contribution in [0, 0.1) is 6.92 Å². The van der Waals surface area contributed by atoms with Gasteiger partial charge in [-0.1, -0.05) is 0 Å². The van der Waals surface area contributed by atoms with Crippen LogP contribution in [0.5, 0.6) is 0 Å². The maximum absolute atomic E-state index is 9.66. The Hall–Kier alpha value is 0.140. The van der Waals surface area contributed by atoms with Crippen LogP contribution in [0.4, 0.5) is 0 Å². The van der Waals surface area contributed by atoms with Gasteiger partial charge in [0, 0.05) is 9.35 Å². The Morgan fingerprint density at radius 3 is 2.27 bits per heavy atom. The SMILES string of the molecule is Cc1csc(C(C)(C)O)c1Br. The smallest absolute Gasteiger partial charge is 0.0943 e. The maximum Gasteiger partial charge on any atom is 0.0943 e. The molecule has 0 atom stereocenters. The minimum Gasteiger partial charge on any atom is -0.385 e.